The van der Waals surface area contributed by atoms with Gasteiger partial charge in [0.2, 0.25) is 0 Å². The SMILES string of the molecule is CC1(C)c2ccccc2-c2cc3c4ccccc4n(-c4cccc(-c5ccc(Br)c6c5C5c7ccccc7C6c6ccccc65)c4)c3cc21. The molecule has 7 aromatic carbocycles. The van der Waals surface area contributed by atoms with E-state index in [0.29, 0.717) is 0 Å². The molecule has 1 nitrogen and oxygen atoms in total. The summed E-state index contributed by atoms with van der Waals surface area (Å²) in [6, 6.07) is 54.8. The van der Waals surface area contributed by atoms with Crippen molar-refractivity contribution < 1.29 is 0 Å². The summed E-state index contributed by atoms with van der Waals surface area (Å²) in [4.78, 5) is 0. The van der Waals surface area contributed by atoms with E-state index in [1.807, 2.05) is 0 Å². The van der Waals surface area contributed by atoms with Crippen molar-refractivity contribution in [3.63, 3.8) is 0 Å². The van der Waals surface area contributed by atoms with Gasteiger partial charge in [0.1, 0.15) is 0 Å². The number of aromatic nitrogens is 1. The van der Waals surface area contributed by atoms with Crippen molar-refractivity contribution in [1.29, 1.82) is 0 Å². The van der Waals surface area contributed by atoms with E-state index < -0.39 is 0 Å². The third-order valence-electron chi connectivity index (χ3n) is 11.8. The lowest BCUT2D eigenvalue weighted by atomic mass is 9.60. The summed E-state index contributed by atoms with van der Waals surface area (Å²) in [7, 11) is 0. The lowest BCUT2D eigenvalue weighted by Crippen LogP contribution is -2.28. The maximum atomic E-state index is 4.03. The van der Waals surface area contributed by atoms with Gasteiger partial charge in [0.05, 0.1) is 11.0 Å². The molecule has 0 saturated carbocycles. The molecule has 2 bridgehead atoms. The van der Waals surface area contributed by atoms with Crippen LogP contribution in [0.25, 0.3) is 49.7 Å². The highest BCUT2D eigenvalue weighted by atomic mass is 79.9. The Balaban J connectivity index is 1.15. The molecule has 232 valence electrons. The molecule has 2 heteroatoms. The fourth-order valence-electron chi connectivity index (χ4n) is 9.75. The molecule has 0 saturated heterocycles. The number of hydrogen-bond acceptors (Lipinski definition) is 0. The average Bonchev–Trinajstić information content (AvgIpc) is 3.59. The molecule has 0 N–H and O–H groups in total. The van der Waals surface area contributed by atoms with Crippen LogP contribution >= 0.6 is 15.9 Å². The molecule has 0 atom stereocenters. The van der Waals surface area contributed by atoms with Crippen molar-refractivity contribution in [2.45, 2.75) is 31.1 Å². The van der Waals surface area contributed by atoms with E-state index in [1.54, 1.807) is 0 Å². The number of benzene rings is 7. The van der Waals surface area contributed by atoms with Crippen LogP contribution in [0.1, 0.15) is 70.2 Å². The maximum Gasteiger partial charge on any atom is 0.0544 e. The lowest BCUT2D eigenvalue weighted by Gasteiger charge is -2.43. The first-order valence-electron chi connectivity index (χ1n) is 17.3. The Morgan fingerprint density at radius 3 is 1.90 bits per heavy atom. The van der Waals surface area contributed by atoms with Crippen LogP contribution < -0.4 is 0 Å². The van der Waals surface area contributed by atoms with Gasteiger partial charge in [-0.2, -0.15) is 0 Å². The van der Waals surface area contributed by atoms with E-state index in [2.05, 4.69) is 180 Å². The Morgan fingerprint density at radius 2 is 1.14 bits per heavy atom. The van der Waals surface area contributed by atoms with Crippen molar-refractivity contribution in [2.24, 2.45) is 0 Å². The van der Waals surface area contributed by atoms with E-state index in [1.165, 1.54) is 98.7 Å². The average molecular weight is 691 g/mol. The molecule has 4 aliphatic carbocycles. The van der Waals surface area contributed by atoms with Crippen molar-refractivity contribution in [1.82, 2.24) is 4.57 Å². The van der Waals surface area contributed by atoms with E-state index >= 15 is 0 Å². The topological polar surface area (TPSA) is 4.93 Å². The molecule has 4 aliphatic rings. The maximum absolute atomic E-state index is 4.03. The van der Waals surface area contributed by atoms with Crippen LogP contribution in [-0.4, -0.2) is 4.57 Å². The summed E-state index contributed by atoms with van der Waals surface area (Å²) in [5.74, 6) is 0.417. The minimum atomic E-state index is -0.0639. The van der Waals surface area contributed by atoms with Gasteiger partial charge in [0.25, 0.3) is 0 Å². The molecule has 0 amide bonds. The molecular weight excluding hydrogens is 658 g/mol. The molecule has 12 rings (SSSR count). The van der Waals surface area contributed by atoms with E-state index in [9.17, 15) is 0 Å². The van der Waals surface area contributed by atoms with Crippen LogP contribution in [0.3, 0.4) is 0 Å². The first-order valence-corrected chi connectivity index (χ1v) is 18.1. The van der Waals surface area contributed by atoms with Crippen molar-refractivity contribution in [3.05, 3.63) is 195 Å². The zero-order chi connectivity index (χ0) is 32.6. The third kappa shape index (κ3) is 3.55. The van der Waals surface area contributed by atoms with Crippen LogP contribution in [0, 0.1) is 0 Å². The molecular formula is C47H32BrN. The minimum Gasteiger partial charge on any atom is -0.309 e. The molecule has 1 aromatic heterocycles. The predicted octanol–water partition coefficient (Wildman–Crippen LogP) is 12.5. The molecule has 0 aliphatic heterocycles. The summed E-state index contributed by atoms with van der Waals surface area (Å²) in [5, 5.41) is 2.60. The third-order valence-corrected chi connectivity index (χ3v) is 12.5. The van der Waals surface area contributed by atoms with E-state index in [0.717, 1.165) is 0 Å². The first-order chi connectivity index (χ1) is 24.0. The van der Waals surface area contributed by atoms with Crippen LogP contribution in [0.2, 0.25) is 0 Å². The Kier molecular flexibility index (Phi) is 5.50. The summed E-state index contributed by atoms with van der Waals surface area (Å²) >= 11 is 4.03. The monoisotopic (exact) mass is 689 g/mol. The van der Waals surface area contributed by atoms with E-state index in [4.69, 9.17) is 0 Å². The minimum absolute atomic E-state index is 0.0639. The molecule has 0 spiro atoms. The number of para-hydroxylation sites is 1. The van der Waals surface area contributed by atoms with Gasteiger partial charge in [-0.1, -0.05) is 139 Å². The van der Waals surface area contributed by atoms with Gasteiger partial charge in [-0.15, -0.1) is 0 Å². The number of rotatable bonds is 2. The highest BCUT2D eigenvalue weighted by Gasteiger charge is 2.43. The molecule has 0 radical (unpaired) electrons. The number of halogens is 1. The molecule has 0 fully saturated rings. The first kappa shape index (κ1) is 27.7. The predicted molar refractivity (Wildman–Crippen MR) is 206 cm³/mol. The second-order valence-corrected chi connectivity index (χ2v) is 15.4. The van der Waals surface area contributed by atoms with Crippen LogP contribution in [0.15, 0.2) is 150 Å². The molecule has 49 heavy (non-hydrogen) atoms. The van der Waals surface area contributed by atoms with Crippen molar-refractivity contribution >= 4 is 37.7 Å². The van der Waals surface area contributed by atoms with Gasteiger partial charge in [-0.25, -0.2) is 0 Å². The fourth-order valence-corrected chi connectivity index (χ4v) is 10.3. The smallest absolute Gasteiger partial charge is 0.0544 e. The highest BCUT2D eigenvalue weighted by Crippen LogP contribution is 2.59. The zero-order valence-electron chi connectivity index (χ0n) is 27.3. The lowest BCUT2D eigenvalue weighted by molar-refractivity contribution is 0.661. The van der Waals surface area contributed by atoms with Crippen molar-refractivity contribution in [2.75, 3.05) is 0 Å². The molecule has 0 unspecified atom stereocenters. The number of hydrogen-bond donors (Lipinski definition) is 0. The normalized spacial score (nSPS) is 17.4. The van der Waals surface area contributed by atoms with Crippen LogP contribution in [0.5, 0.6) is 0 Å². The Hall–Kier alpha value is -5.18. The zero-order valence-corrected chi connectivity index (χ0v) is 28.9. The van der Waals surface area contributed by atoms with Gasteiger partial charge in [0, 0.05) is 38.2 Å². The summed E-state index contributed by atoms with van der Waals surface area (Å²) in [6.45, 7) is 4.75. The second kappa shape index (κ2) is 9.71. The van der Waals surface area contributed by atoms with Crippen molar-refractivity contribution in [3.8, 4) is 27.9 Å². The Labute approximate surface area is 294 Å². The summed E-state index contributed by atoms with van der Waals surface area (Å²) < 4.78 is 3.69. The quantitative estimate of drug-likeness (QED) is 0.170. The molecule has 1 heterocycles. The Bertz CT molecular complexity index is 2680. The van der Waals surface area contributed by atoms with Gasteiger partial charge in [0.15, 0.2) is 0 Å². The van der Waals surface area contributed by atoms with E-state index in [-0.39, 0.29) is 17.3 Å². The van der Waals surface area contributed by atoms with Crippen LogP contribution in [-0.2, 0) is 5.41 Å². The summed E-state index contributed by atoms with van der Waals surface area (Å²) in [6.07, 6.45) is 0. The number of nitrogens with zero attached hydrogens (tertiary/aromatic N) is 1. The second-order valence-electron chi connectivity index (χ2n) is 14.5. The Morgan fingerprint density at radius 1 is 0.490 bits per heavy atom. The van der Waals surface area contributed by atoms with Gasteiger partial charge in [-0.05, 0) is 103 Å². The summed E-state index contributed by atoms with van der Waals surface area (Å²) in [5.41, 5.74) is 20.3. The number of fused-ring (bicyclic) bond motifs is 6. The van der Waals surface area contributed by atoms with Gasteiger partial charge in [-0.3, -0.25) is 0 Å². The largest absolute Gasteiger partial charge is 0.309 e. The van der Waals surface area contributed by atoms with Crippen LogP contribution in [0.4, 0.5) is 0 Å². The van der Waals surface area contributed by atoms with Gasteiger partial charge < -0.3 is 4.57 Å². The molecule has 8 aromatic rings. The van der Waals surface area contributed by atoms with Gasteiger partial charge >= 0.3 is 0 Å². The fraction of sp³-hybridized carbons (Fsp3) is 0.106. The highest BCUT2D eigenvalue weighted by molar-refractivity contribution is 9.10. The standard InChI is InChI=1S/C47H32BrN/c1-47(2)38-20-9-7-14-30(38)36-25-37-31-15-8-10-21-41(31)49(42(37)26-39(36)47)28-13-11-12-27(24-28)29-22-23-40(48)46-44-34-18-5-3-16-32(34)43(45(29)46)33-17-4-6-19-35(33)44/h3-26,43-44H,1-2H3.